The molecule has 2 aromatic carbocycles. The van der Waals surface area contributed by atoms with Gasteiger partial charge in [0.1, 0.15) is 5.82 Å². The van der Waals surface area contributed by atoms with E-state index in [9.17, 15) is 0 Å². The third kappa shape index (κ3) is 5.00. The summed E-state index contributed by atoms with van der Waals surface area (Å²) in [5.74, 6) is 1.88. The van der Waals surface area contributed by atoms with Gasteiger partial charge in [-0.2, -0.15) is 0 Å². The summed E-state index contributed by atoms with van der Waals surface area (Å²) < 4.78 is 2.16. The third-order valence-electron chi connectivity index (χ3n) is 5.60. The number of aryl methyl sites for hydroxylation is 1. The van der Waals surface area contributed by atoms with Crippen LogP contribution in [0.2, 0.25) is 0 Å². The molecule has 6 heteroatoms. The van der Waals surface area contributed by atoms with Crippen LogP contribution in [-0.4, -0.2) is 41.7 Å². The molecule has 0 radical (unpaired) electrons. The van der Waals surface area contributed by atoms with E-state index in [1.807, 2.05) is 26.4 Å². The molecule has 1 aliphatic heterocycles. The minimum Gasteiger partial charge on any atom is -0.369 e. The molecule has 1 aromatic heterocycles. The van der Waals surface area contributed by atoms with Crippen molar-refractivity contribution in [2.75, 3.05) is 25.0 Å². The molecule has 1 unspecified atom stereocenters. The zero-order chi connectivity index (χ0) is 20.8. The van der Waals surface area contributed by atoms with Crippen LogP contribution in [0, 0.1) is 6.92 Å². The number of imidazole rings is 1. The zero-order valence-corrected chi connectivity index (χ0v) is 17.8. The van der Waals surface area contributed by atoms with Crippen molar-refractivity contribution in [3.8, 4) is 0 Å². The summed E-state index contributed by atoms with van der Waals surface area (Å²) in [5.41, 5.74) is 3.80. The summed E-state index contributed by atoms with van der Waals surface area (Å²) in [6.45, 7) is 5.66. The molecule has 30 heavy (non-hydrogen) atoms. The van der Waals surface area contributed by atoms with Gasteiger partial charge in [-0.3, -0.25) is 4.99 Å². The highest BCUT2D eigenvalue weighted by molar-refractivity contribution is 5.80. The van der Waals surface area contributed by atoms with Gasteiger partial charge in [-0.1, -0.05) is 42.5 Å². The Kier molecular flexibility index (Phi) is 6.32. The highest BCUT2D eigenvalue weighted by atomic mass is 15.2. The van der Waals surface area contributed by atoms with Crippen LogP contribution in [-0.2, 0) is 13.1 Å². The van der Waals surface area contributed by atoms with Gasteiger partial charge < -0.3 is 20.1 Å². The minimum absolute atomic E-state index is 0.395. The van der Waals surface area contributed by atoms with Crippen molar-refractivity contribution < 1.29 is 0 Å². The summed E-state index contributed by atoms with van der Waals surface area (Å²) in [4.78, 5) is 11.1. The molecular formula is C24H30N6. The molecule has 0 amide bonds. The number of hydrogen-bond donors (Lipinski definition) is 2. The SMILES string of the molecule is CN=C(NCc1cccc(Cn2ccnc2C)c1)NC1CCN(c2ccccc2)C1. The maximum Gasteiger partial charge on any atom is 0.191 e. The fourth-order valence-corrected chi connectivity index (χ4v) is 3.93. The van der Waals surface area contributed by atoms with Crippen molar-refractivity contribution >= 4 is 11.6 Å². The van der Waals surface area contributed by atoms with Crippen molar-refractivity contribution in [2.45, 2.75) is 32.5 Å². The summed E-state index contributed by atoms with van der Waals surface area (Å²) in [7, 11) is 1.83. The first-order valence-corrected chi connectivity index (χ1v) is 10.5. The maximum atomic E-state index is 4.42. The monoisotopic (exact) mass is 402 g/mol. The van der Waals surface area contributed by atoms with Gasteiger partial charge in [-0.15, -0.1) is 0 Å². The van der Waals surface area contributed by atoms with E-state index in [2.05, 4.69) is 84.7 Å². The summed E-state index contributed by atoms with van der Waals surface area (Å²) >= 11 is 0. The Morgan fingerprint density at radius 1 is 1.13 bits per heavy atom. The van der Waals surface area contributed by atoms with Crippen molar-refractivity contribution in [3.63, 3.8) is 0 Å². The number of aromatic nitrogens is 2. The van der Waals surface area contributed by atoms with Gasteiger partial charge in [0.2, 0.25) is 0 Å². The molecule has 0 spiro atoms. The van der Waals surface area contributed by atoms with Gasteiger partial charge in [0.05, 0.1) is 0 Å². The topological polar surface area (TPSA) is 57.5 Å². The number of rotatable bonds is 6. The molecule has 2 N–H and O–H groups in total. The first-order valence-electron chi connectivity index (χ1n) is 10.5. The Morgan fingerprint density at radius 2 is 1.97 bits per heavy atom. The number of aliphatic imine (C=N–C) groups is 1. The molecule has 156 valence electrons. The van der Waals surface area contributed by atoms with Crippen molar-refractivity contribution in [3.05, 3.63) is 83.9 Å². The van der Waals surface area contributed by atoms with Crippen LogP contribution in [0.1, 0.15) is 23.4 Å². The average molecular weight is 403 g/mol. The summed E-state index contributed by atoms with van der Waals surface area (Å²) in [6.07, 6.45) is 4.97. The second kappa shape index (κ2) is 9.48. The minimum atomic E-state index is 0.395. The van der Waals surface area contributed by atoms with E-state index in [4.69, 9.17) is 0 Å². The summed E-state index contributed by atoms with van der Waals surface area (Å²) in [6, 6.07) is 19.7. The largest absolute Gasteiger partial charge is 0.369 e. The zero-order valence-electron chi connectivity index (χ0n) is 17.8. The molecule has 1 saturated heterocycles. The molecule has 0 saturated carbocycles. The van der Waals surface area contributed by atoms with Crippen molar-refractivity contribution in [2.24, 2.45) is 4.99 Å². The standard InChI is InChI=1S/C24H30N6/c1-19-26-12-14-29(19)17-21-8-6-7-20(15-21)16-27-24(25-2)28-22-11-13-30(18-22)23-9-4-3-5-10-23/h3-10,12,14-15,22H,11,13,16-18H2,1-2H3,(H2,25,27,28). The number of nitrogens with one attached hydrogen (secondary N) is 2. The van der Waals surface area contributed by atoms with E-state index >= 15 is 0 Å². The van der Waals surface area contributed by atoms with Gasteiger partial charge in [0.15, 0.2) is 5.96 Å². The number of anilines is 1. The van der Waals surface area contributed by atoms with E-state index in [0.717, 1.165) is 44.4 Å². The number of hydrogen-bond acceptors (Lipinski definition) is 3. The lowest BCUT2D eigenvalue weighted by atomic mass is 10.1. The lowest BCUT2D eigenvalue weighted by Crippen LogP contribution is -2.44. The molecule has 0 aliphatic carbocycles. The quantitative estimate of drug-likeness (QED) is 0.491. The van der Waals surface area contributed by atoms with E-state index in [0.29, 0.717) is 6.04 Å². The number of para-hydroxylation sites is 1. The normalized spacial score (nSPS) is 16.7. The van der Waals surface area contributed by atoms with Gasteiger partial charge in [0.25, 0.3) is 0 Å². The van der Waals surface area contributed by atoms with Crippen LogP contribution in [0.5, 0.6) is 0 Å². The first-order chi connectivity index (χ1) is 14.7. The number of nitrogens with zero attached hydrogens (tertiary/aromatic N) is 4. The van der Waals surface area contributed by atoms with Crippen LogP contribution in [0.4, 0.5) is 5.69 Å². The fourth-order valence-electron chi connectivity index (χ4n) is 3.93. The van der Waals surface area contributed by atoms with Crippen molar-refractivity contribution in [1.82, 2.24) is 20.2 Å². The third-order valence-corrected chi connectivity index (χ3v) is 5.60. The second-order valence-electron chi connectivity index (χ2n) is 7.76. The molecule has 0 bridgehead atoms. The highest BCUT2D eigenvalue weighted by Crippen LogP contribution is 2.19. The Bertz CT molecular complexity index is 978. The smallest absolute Gasteiger partial charge is 0.191 e. The van der Waals surface area contributed by atoms with Gasteiger partial charge in [0, 0.05) is 57.3 Å². The van der Waals surface area contributed by atoms with E-state index in [1.54, 1.807) is 0 Å². The second-order valence-corrected chi connectivity index (χ2v) is 7.76. The Balaban J connectivity index is 1.30. The molecule has 6 nitrogen and oxygen atoms in total. The van der Waals surface area contributed by atoms with Gasteiger partial charge in [-0.25, -0.2) is 4.98 Å². The fraction of sp³-hybridized carbons (Fsp3) is 0.333. The van der Waals surface area contributed by atoms with Crippen LogP contribution < -0.4 is 15.5 Å². The molecule has 3 aromatic rings. The van der Waals surface area contributed by atoms with Crippen LogP contribution in [0.25, 0.3) is 0 Å². The predicted molar refractivity (Wildman–Crippen MR) is 123 cm³/mol. The Labute approximate surface area is 178 Å². The maximum absolute atomic E-state index is 4.42. The molecule has 1 aliphatic rings. The Morgan fingerprint density at radius 3 is 2.73 bits per heavy atom. The van der Waals surface area contributed by atoms with Crippen LogP contribution >= 0.6 is 0 Å². The van der Waals surface area contributed by atoms with Gasteiger partial charge >= 0.3 is 0 Å². The average Bonchev–Trinajstić information content (AvgIpc) is 3.41. The van der Waals surface area contributed by atoms with Crippen LogP contribution in [0.15, 0.2) is 72.0 Å². The lowest BCUT2D eigenvalue weighted by molar-refractivity contribution is 0.648. The highest BCUT2D eigenvalue weighted by Gasteiger charge is 2.23. The first kappa shape index (κ1) is 20.0. The Hall–Kier alpha value is -3.28. The molecule has 1 atom stereocenters. The number of guanidine groups is 1. The molecule has 4 rings (SSSR count). The molecule has 1 fully saturated rings. The van der Waals surface area contributed by atoms with Crippen molar-refractivity contribution in [1.29, 1.82) is 0 Å². The van der Waals surface area contributed by atoms with E-state index < -0.39 is 0 Å². The van der Waals surface area contributed by atoms with E-state index in [-0.39, 0.29) is 0 Å². The van der Waals surface area contributed by atoms with Gasteiger partial charge in [-0.05, 0) is 36.6 Å². The molecule has 2 heterocycles. The molecular weight excluding hydrogens is 372 g/mol. The van der Waals surface area contributed by atoms with E-state index in [1.165, 1.54) is 16.8 Å². The predicted octanol–water partition coefficient (Wildman–Crippen LogP) is 3.18. The number of benzene rings is 2. The lowest BCUT2D eigenvalue weighted by Gasteiger charge is -2.20. The van der Waals surface area contributed by atoms with Crippen LogP contribution in [0.3, 0.4) is 0 Å². The summed E-state index contributed by atoms with van der Waals surface area (Å²) in [5, 5.41) is 7.04.